The molecule has 0 unspecified atom stereocenters. The Labute approximate surface area is 90.5 Å². The molecule has 0 atom stereocenters. The molecule has 0 saturated heterocycles. The summed E-state index contributed by atoms with van der Waals surface area (Å²) < 4.78 is 0. The van der Waals surface area contributed by atoms with E-state index in [0.29, 0.717) is 0 Å². The summed E-state index contributed by atoms with van der Waals surface area (Å²) >= 11 is 0. The van der Waals surface area contributed by atoms with E-state index >= 15 is 0 Å². The Kier molecular flexibility index (Phi) is 12.2. The maximum Gasteiger partial charge on any atom is 0.00886 e. The second-order valence-electron chi connectivity index (χ2n) is 3.68. The van der Waals surface area contributed by atoms with Crippen LogP contribution in [0.1, 0.15) is 64.2 Å². The lowest BCUT2D eigenvalue weighted by atomic mass is 10.1. The quantitative estimate of drug-likeness (QED) is 0.390. The molecule has 0 aromatic rings. The Balaban J connectivity index is 3.02. The predicted octanol–water partition coefficient (Wildman–Crippen LogP) is 4.56. The van der Waals surface area contributed by atoms with Gasteiger partial charge in [0.25, 0.3) is 0 Å². The first kappa shape index (κ1) is 13.6. The minimum absolute atomic E-state index is 1.05. The first-order valence-corrected chi connectivity index (χ1v) is 5.96. The Bertz CT molecular complexity index is 147. The van der Waals surface area contributed by atoms with Crippen LogP contribution in [0.25, 0.3) is 0 Å². The molecule has 0 fully saturated rings. The van der Waals surface area contributed by atoms with Gasteiger partial charge in [0.1, 0.15) is 0 Å². The van der Waals surface area contributed by atoms with Crippen LogP contribution in [0, 0.1) is 25.7 Å². The van der Waals surface area contributed by atoms with Crippen LogP contribution in [0.15, 0.2) is 0 Å². The fraction of sp³-hybridized carbons (Fsp3) is 0.714. The van der Waals surface area contributed by atoms with Crippen molar-refractivity contribution in [2.24, 2.45) is 0 Å². The van der Waals surface area contributed by atoms with Gasteiger partial charge in [-0.15, -0.1) is 11.8 Å². The normalized spacial score (nSPS) is 9.57. The summed E-state index contributed by atoms with van der Waals surface area (Å²) in [7, 11) is 0. The molecule has 0 N–H and O–H groups in total. The Morgan fingerprint density at radius 2 is 1.00 bits per heavy atom. The van der Waals surface area contributed by atoms with E-state index in [2.05, 4.69) is 25.7 Å². The van der Waals surface area contributed by atoms with Gasteiger partial charge >= 0.3 is 0 Å². The van der Waals surface area contributed by atoms with Gasteiger partial charge in [0.05, 0.1) is 0 Å². The summed E-state index contributed by atoms with van der Waals surface area (Å²) in [6.45, 7) is 7.64. The fourth-order valence-corrected chi connectivity index (χ4v) is 1.31. The molecule has 0 aliphatic rings. The van der Waals surface area contributed by atoms with Gasteiger partial charge in [0.2, 0.25) is 0 Å². The molecule has 0 aromatic heterocycles. The highest BCUT2D eigenvalue weighted by atomic mass is 13.9. The molecule has 14 heavy (non-hydrogen) atoms. The Morgan fingerprint density at radius 1 is 0.571 bits per heavy atom. The van der Waals surface area contributed by atoms with Gasteiger partial charge in [-0.05, 0) is 12.8 Å². The molecule has 0 nitrogen and oxygen atoms in total. The van der Waals surface area contributed by atoms with Gasteiger partial charge in [-0.2, -0.15) is 0 Å². The third kappa shape index (κ3) is 11.6. The number of rotatable bonds is 8. The van der Waals surface area contributed by atoms with E-state index in [9.17, 15) is 0 Å². The Hall–Kier alpha value is -0.440. The molecule has 80 valence electrons. The van der Waals surface area contributed by atoms with Crippen LogP contribution >= 0.6 is 0 Å². The zero-order valence-corrected chi connectivity index (χ0v) is 9.49. The highest BCUT2D eigenvalue weighted by molar-refractivity contribution is 4.98. The van der Waals surface area contributed by atoms with Crippen molar-refractivity contribution >= 4 is 0 Å². The van der Waals surface area contributed by atoms with E-state index in [0.717, 1.165) is 25.7 Å². The van der Waals surface area contributed by atoms with Crippen molar-refractivity contribution < 1.29 is 0 Å². The molecule has 0 spiro atoms. The van der Waals surface area contributed by atoms with E-state index in [1.165, 1.54) is 38.5 Å². The third-order valence-electron chi connectivity index (χ3n) is 2.23. The first-order chi connectivity index (χ1) is 6.91. The van der Waals surface area contributed by atoms with Crippen molar-refractivity contribution in [2.45, 2.75) is 64.2 Å². The smallest absolute Gasteiger partial charge is 0.00886 e. The van der Waals surface area contributed by atoms with Crippen LogP contribution in [0.5, 0.6) is 0 Å². The monoisotopic (exact) mass is 192 g/mol. The molecule has 0 bridgehead atoms. The molecule has 0 heterocycles. The van der Waals surface area contributed by atoms with E-state index in [4.69, 9.17) is 0 Å². The van der Waals surface area contributed by atoms with Gasteiger partial charge in [-0.1, -0.05) is 52.4 Å². The van der Waals surface area contributed by atoms with Crippen LogP contribution in [0.4, 0.5) is 0 Å². The second kappa shape index (κ2) is 12.6. The van der Waals surface area contributed by atoms with Crippen molar-refractivity contribution in [1.29, 1.82) is 0 Å². The number of hydrogen-bond acceptors (Lipinski definition) is 0. The fourth-order valence-electron chi connectivity index (χ4n) is 1.31. The molecule has 0 heteroatoms. The van der Waals surface area contributed by atoms with Gasteiger partial charge in [0, 0.05) is 12.8 Å². The summed E-state index contributed by atoms with van der Waals surface area (Å²) in [4.78, 5) is 0. The molecule has 0 aliphatic carbocycles. The van der Waals surface area contributed by atoms with Crippen LogP contribution in [0.2, 0.25) is 0 Å². The molecule has 0 aromatic carbocycles. The molecular formula is C14H24. The summed E-state index contributed by atoms with van der Waals surface area (Å²) in [6, 6.07) is 0. The first-order valence-electron chi connectivity index (χ1n) is 5.96. The van der Waals surface area contributed by atoms with E-state index in [1.54, 1.807) is 0 Å². The lowest BCUT2D eigenvalue weighted by Gasteiger charge is -1.94. The zero-order chi connectivity index (χ0) is 10.5. The highest BCUT2D eigenvalue weighted by Crippen LogP contribution is 2.04. The van der Waals surface area contributed by atoms with Gasteiger partial charge < -0.3 is 0 Å². The lowest BCUT2D eigenvalue weighted by molar-refractivity contribution is 0.655. The predicted molar refractivity (Wildman–Crippen MR) is 64.7 cm³/mol. The standard InChI is InChI=1S/C14H24/c1-3-5-7-9-11-13-14-12-10-8-6-4-2/h1-11,13H2. The number of hydrogen-bond donors (Lipinski definition) is 0. The molecule has 2 radical (unpaired) electrons. The minimum atomic E-state index is 1.05. The van der Waals surface area contributed by atoms with Crippen molar-refractivity contribution in [3.63, 3.8) is 0 Å². The molecule has 0 aliphatic heterocycles. The van der Waals surface area contributed by atoms with Gasteiger partial charge in [-0.3, -0.25) is 0 Å². The SMILES string of the molecule is [CH2]CCCCC#CCCCCCC[CH2]. The minimum Gasteiger partial charge on any atom is -0.103 e. The summed E-state index contributed by atoms with van der Waals surface area (Å²) in [5.41, 5.74) is 0. The molecule has 0 amide bonds. The van der Waals surface area contributed by atoms with Crippen LogP contribution in [-0.2, 0) is 0 Å². The zero-order valence-electron chi connectivity index (χ0n) is 9.49. The maximum atomic E-state index is 3.83. The molecular weight excluding hydrogens is 168 g/mol. The molecule has 0 rings (SSSR count). The lowest BCUT2D eigenvalue weighted by Crippen LogP contribution is -1.76. The van der Waals surface area contributed by atoms with E-state index < -0.39 is 0 Å². The number of unbranched alkanes of at least 4 members (excludes halogenated alkanes) is 8. The van der Waals surface area contributed by atoms with Crippen LogP contribution in [0.3, 0.4) is 0 Å². The van der Waals surface area contributed by atoms with Crippen LogP contribution in [-0.4, -0.2) is 0 Å². The van der Waals surface area contributed by atoms with Crippen molar-refractivity contribution in [3.05, 3.63) is 13.8 Å². The highest BCUT2D eigenvalue weighted by Gasteiger charge is 1.86. The van der Waals surface area contributed by atoms with Gasteiger partial charge in [0.15, 0.2) is 0 Å². The Morgan fingerprint density at radius 3 is 1.57 bits per heavy atom. The van der Waals surface area contributed by atoms with E-state index in [-0.39, 0.29) is 0 Å². The summed E-state index contributed by atoms with van der Waals surface area (Å²) in [5.74, 6) is 6.46. The second-order valence-corrected chi connectivity index (χ2v) is 3.68. The van der Waals surface area contributed by atoms with Crippen molar-refractivity contribution in [3.8, 4) is 11.8 Å². The van der Waals surface area contributed by atoms with Crippen molar-refractivity contribution in [1.82, 2.24) is 0 Å². The van der Waals surface area contributed by atoms with Crippen molar-refractivity contribution in [2.75, 3.05) is 0 Å². The summed E-state index contributed by atoms with van der Waals surface area (Å²) in [6.07, 6.45) is 11.9. The average molecular weight is 192 g/mol. The van der Waals surface area contributed by atoms with Gasteiger partial charge in [-0.25, -0.2) is 0 Å². The third-order valence-corrected chi connectivity index (χ3v) is 2.23. The average Bonchev–Trinajstić information content (AvgIpc) is 2.21. The molecule has 0 saturated carbocycles. The van der Waals surface area contributed by atoms with E-state index in [1.807, 2.05) is 0 Å². The van der Waals surface area contributed by atoms with Crippen LogP contribution < -0.4 is 0 Å². The largest absolute Gasteiger partial charge is 0.103 e. The summed E-state index contributed by atoms with van der Waals surface area (Å²) in [5, 5.41) is 0. The maximum absolute atomic E-state index is 3.83. The topological polar surface area (TPSA) is 0 Å².